The summed E-state index contributed by atoms with van der Waals surface area (Å²) in [7, 11) is 1.66. The highest BCUT2D eigenvalue weighted by Crippen LogP contribution is 2.33. The van der Waals surface area contributed by atoms with Gasteiger partial charge in [-0.3, -0.25) is 0 Å². The zero-order valence-corrected chi connectivity index (χ0v) is 18.2. The molecule has 8 heteroatoms. The number of alkyl halides is 3. The molecule has 0 unspecified atom stereocenters. The molecule has 33 heavy (non-hydrogen) atoms. The minimum absolute atomic E-state index is 0.113. The Balaban J connectivity index is 1.48. The lowest BCUT2D eigenvalue weighted by atomic mass is 9.97. The molecule has 1 saturated heterocycles. The van der Waals surface area contributed by atoms with Crippen LogP contribution in [-0.2, 0) is 24.1 Å². The van der Waals surface area contributed by atoms with Gasteiger partial charge in [0.25, 0.3) is 0 Å². The predicted octanol–water partition coefficient (Wildman–Crippen LogP) is 5.06. The lowest BCUT2D eigenvalue weighted by Crippen LogP contribution is -2.25. The van der Waals surface area contributed by atoms with Gasteiger partial charge in [0.15, 0.2) is 0 Å². The summed E-state index contributed by atoms with van der Waals surface area (Å²) in [6.45, 7) is 1.64. The Bertz CT molecular complexity index is 1090. The number of aliphatic hydroxyl groups excluding tert-OH is 1. The molecule has 1 aliphatic rings. The van der Waals surface area contributed by atoms with Crippen molar-refractivity contribution in [3.8, 4) is 17.0 Å². The van der Waals surface area contributed by atoms with Crippen molar-refractivity contribution < 1.29 is 27.8 Å². The van der Waals surface area contributed by atoms with Gasteiger partial charge in [-0.1, -0.05) is 30.3 Å². The summed E-state index contributed by atoms with van der Waals surface area (Å²) < 4.78 is 49.3. The molecule has 1 aliphatic heterocycles. The minimum atomic E-state index is -4.42. The number of anilines is 1. The van der Waals surface area contributed by atoms with Crippen LogP contribution in [0.3, 0.4) is 0 Å². The smallest absolute Gasteiger partial charge is 0.417 e. The third-order valence-corrected chi connectivity index (χ3v) is 5.71. The molecule has 0 aliphatic carbocycles. The number of aliphatic hydroxyl groups is 1. The first-order valence-corrected chi connectivity index (χ1v) is 10.6. The molecular weight excluding hydrogens is 433 g/mol. The summed E-state index contributed by atoms with van der Waals surface area (Å²) in [6, 6.07) is 16.2. The van der Waals surface area contributed by atoms with Crippen molar-refractivity contribution in [3.05, 3.63) is 77.5 Å². The maximum Gasteiger partial charge on any atom is 0.417 e. The third-order valence-electron chi connectivity index (χ3n) is 5.71. The summed E-state index contributed by atoms with van der Waals surface area (Å²) in [4.78, 5) is 5.91. The molecule has 0 bridgehead atoms. The topological polar surface area (TPSA) is 54.8 Å². The number of aromatic nitrogens is 1. The Labute approximate surface area is 190 Å². The fourth-order valence-electron chi connectivity index (χ4n) is 4.10. The van der Waals surface area contributed by atoms with Gasteiger partial charge in [-0.15, -0.1) is 0 Å². The van der Waals surface area contributed by atoms with Crippen LogP contribution in [0, 0.1) is 0 Å². The van der Waals surface area contributed by atoms with Crippen LogP contribution in [0.5, 0.6) is 5.88 Å². The van der Waals surface area contributed by atoms with Gasteiger partial charge >= 0.3 is 6.18 Å². The van der Waals surface area contributed by atoms with E-state index in [0.717, 1.165) is 40.2 Å². The number of hydrogen-bond acceptors (Lipinski definition) is 5. The van der Waals surface area contributed by atoms with Crippen LogP contribution in [-0.4, -0.2) is 36.4 Å². The van der Waals surface area contributed by atoms with Gasteiger partial charge in [0, 0.05) is 43.6 Å². The Morgan fingerprint density at radius 3 is 2.61 bits per heavy atom. The zero-order chi connectivity index (χ0) is 23.4. The second-order valence-electron chi connectivity index (χ2n) is 7.95. The number of rotatable bonds is 7. The first kappa shape index (κ1) is 23.1. The first-order valence-electron chi connectivity index (χ1n) is 10.6. The average molecular weight is 458 g/mol. The Morgan fingerprint density at radius 2 is 1.91 bits per heavy atom. The molecule has 0 radical (unpaired) electrons. The summed E-state index contributed by atoms with van der Waals surface area (Å²) in [5.74, 6) is 0.169. The van der Waals surface area contributed by atoms with Crippen molar-refractivity contribution in [1.29, 1.82) is 0 Å². The van der Waals surface area contributed by atoms with Crippen LogP contribution in [0.1, 0.15) is 23.1 Å². The number of halogens is 3. The monoisotopic (exact) mass is 458 g/mol. The second kappa shape index (κ2) is 9.80. The molecule has 5 nitrogen and oxygen atoms in total. The molecule has 0 amide bonds. The molecule has 2 aromatic carbocycles. The fraction of sp³-hybridized carbons (Fsp3) is 0.320. The summed E-state index contributed by atoms with van der Waals surface area (Å²) in [6.07, 6.45) is -3.15. The number of benzene rings is 2. The van der Waals surface area contributed by atoms with E-state index in [0.29, 0.717) is 26.1 Å². The molecular formula is C25H25F3N2O3. The Hall–Kier alpha value is -3.10. The average Bonchev–Trinajstić information content (AvgIpc) is 3.27. The van der Waals surface area contributed by atoms with Crippen molar-refractivity contribution in [3.63, 3.8) is 0 Å². The van der Waals surface area contributed by atoms with E-state index in [1.165, 1.54) is 6.07 Å². The number of ether oxygens (including phenoxy) is 2. The molecule has 3 aromatic rings. The van der Waals surface area contributed by atoms with Gasteiger partial charge in [-0.25, -0.2) is 4.98 Å². The van der Waals surface area contributed by atoms with Gasteiger partial charge in [0.1, 0.15) is 6.10 Å². The molecule has 174 valence electrons. The maximum absolute atomic E-state index is 12.7. The van der Waals surface area contributed by atoms with E-state index >= 15 is 0 Å². The zero-order valence-electron chi connectivity index (χ0n) is 18.2. The van der Waals surface area contributed by atoms with Gasteiger partial charge in [0.2, 0.25) is 5.88 Å². The largest absolute Gasteiger partial charge is 0.472 e. The fourth-order valence-corrected chi connectivity index (χ4v) is 4.10. The lowest BCUT2D eigenvalue weighted by Gasteiger charge is -2.22. The lowest BCUT2D eigenvalue weighted by molar-refractivity contribution is -0.137. The minimum Gasteiger partial charge on any atom is -0.472 e. The van der Waals surface area contributed by atoms with Crippen molar-refractivity contribution in [2.75, 3.05) is 25.1 Å². The summed E-state index contributed by atoms with van der Waals surface area (Å²) in [5, 5.41) is 10.0. The number of pyridine rings is 1. The van der Waals surface area contributed by atoms with Crippen molar-refractivity contribution in [1.82, 2.24) is 4.98 Å². The molecule has 0 spiro atoms. The third kappa shape index (κ3) is 5.29. The van der Waals surface area contributed by atoms with Crippen molar-refractivity contribution in [2.45, 2.75) is 31.9 Å². The highest BCUT2D eigenvalue weighted by molar-refractivity contribution is 5.71. The van der Waals surface area contributed by atoms with Crippen LogP contribution in [0.25, 0.3) is 11.1 Å². The van der Waals surface area contributed by atoms with E-state index in [2.05, 4.69) is 9.88 Å². The van der Waals surface area contributed by atoms with E-state index < -0.39 is 11.7 Å². The van der Waals surface area contributed by atoms with Crippen molar-refractivity contribution >= 4 is 5.69 Å². The molecule has 1 atom stereocenters. The second-order valence-corrected chi connectivity index (χ2v) is 7.95. The van der Waals surface area contributed by atoms with Crippen molar-refractivity contribution in [2.24, 2.45) is 0 Å². The molecule has 2 heterocycles. The highest BCUT2D eigenvalue weighted by Gasteiger charge is 2.31. The Kier molecular flexibility index (Phi) is 6.85. The van der Waals surface area contributed by atoms with Gasteiger partial charge in [-0.05, 0) is 34.9 Å². The number of nitrogens with zero attached hydrogens (tertiary/aromatic N) is 2. The standard InChI is InChI=1S/C25H25F3N2O3/c1-32-16-18-4-2-3-5-22(18)17-6-8-23(19(12-17)15-31)30-11-10-21(14-30)33-24-9-7-20(13-29-24)25(26,27)28/h2-9,12-13,21,31H,10-11,14-16H2,1H3/t21-/m0/s1. The van der Waals surface area contributed by atoms with Gasteiger partial charge in [0.05, 0.1) is 25.3 Å². The van der Waals surface area contributed by atoms with Crippen LogP contribution in [0.2, 0.25) is 0 Å². The summed E-state index contributed by atoms with van der Waals surface area (Å²) in [5.41, 5.74) is 4.02. The quantitative estimate of drug-likeness (QED) is 0.536. The van der Waals surface area contributed by atoms with Crippen LogP contribution >= 0.6 is 0 Å². The number of methoxy groups -OCH3 is 1. The van der Waals surface area contributed by atoms with E-state index in [9.17, 15) is 18.3 Å². The SMILES string of the molecule is COCc1ccccc1-c1ccc(N2CC[C@H](Oc3ccc(C(F)(F)F)cn3)C2)c(CO)c1. The number of hydrogen-bond donors (Lipinski definition) is 1. The van der Waals surface area contributed by atoms with E-state index in [4.69, 9.17) is 9.47 Å². The van der Waals surface area contributed by atoms with E-state index in [1.54, 1.807) is 7.11 Å². The molecule has 1 aromatic heterocycles. The normalized spacial score (nSPS) is 16.3. The predicted molar refractivity (Wildman–Crippen MR) is 119 cm³/mol. The van der Waals surface area contributed by atoms with Gasteiger partial charge in [-0.2, -0.15) is 13.2 Å². The van der Waals surface area contributed by atoms with Crippen LogP contribution in [0.4, 0.5) is 18.9 Å². The summed E-state index contributed by atoms with van der Waals surface area (Å²) >= 11 is 0. The Morgan fingerprint density at radius 1 is 1.09 bits per heavy atom. The van der Waals surface area contributed by atoms with Crippen LogP contribution < -0.4 is 9.64 Å². The first-order chi connectivity index (χ1) is 15.9. The van der Waals surface area contributed by atoms with Gasteiger partial charge < -0.3 is 19.5 Å². The molecule has 1 fully saturated rings. The molecule has 4 rings (SSSR count). The highest BCUT2D eigenvalue weighted by atomic mass is 19.4. The molecule has 1 N–H and O–H groups in total. The van der Waals surface area contributed by atoms with Crippen LogP contribution in [0.15, 0.2) is 60.8 Å². The molecule has 0 saturated carbocycles. The van der Waals surface area contributed by atoms with E-state index in [1.807, 2.05) is 42.5 Å². The van der Waals surface area contributed by atoms with E-state index in [-0.39, 0.29) is 18.6 Å². The maximum atomic E-state index is 12.7.